The van der Waals surface area contributed by atoms with Crippen molar-refractivity contribution in [1.82, 2.24) is 5.32 Å². The third-order valence-electron chi connectivity index (χ3n) is 5.42. The van der Waals surface area contributed by atoms with Crippen molar-refractivity contribution < 1.29 is 19.8 Å². The first-order valence-corrected chi connectivity index (χ1v) is 11.5. The molecule has 0 aliphatic rings. The third kappa shape index (κ3) is 17.0. The first-order valence-electron chi connectivity index (χ1n) is 11.5. The van der Waals surface area contributed by atoms with Gasteiger partial charge in [-0.25, -0.2) is 0 Å². The monoisotopic (exact) mass is 399 g/mol. The number of hydrogen-bond donors (Lipinski definition) is 3. The standard InChI is InChI=1S/C23H45NO4/c1-4-5-6-7-8-9-10-11-12-13-14-15-16-19-23(2,3)24-20(22(27)28)17-18-21(25)26/h20,24H,4-19H2,1-3H3,(H,25,26)(H,27,28)/t20-/m0/s1. The van der Waals surface area contributed by atoms with Crippen molar-refractivity contribution in [3.05, 3.63) is 0 Å². The maximum Gasteiger partial charge on any atom is 0.320 e. The van der Waals surface area contributed by atoms with Crippen molar-refractivity contribution in [2.24, 2.45) is 0 Å². The highest BCUT2D eigenvalue weighted by molar-refractivity contribution is 5.75. The highest BCUT2D eigenvalue weighted by Crippen LogP contribution is 2.18. The fraction of sp³-hybridized carbons (Fsp3) is 0.913. The molecule has 5 nitrogen and oxygen atoms in total. The summed E-state index contributed by atoms with van der Waals surface area (Å²) in [6, 6.07) is -0.798. The molecule has 28 heavy (non-hydrogen) atoms. The molecule has 5 heteroatoms. The summed E-state index contributed by atoms with van der Waals surface area (Å²) in [5.74, 6) is -1.93. The van der Waals surface area contributed by atoms with Crippen molar-refractivity contribution in [2.45, 2.75) is 135 Å². The molecular formula is C23H45NO4. The van der Waals surface area contributed by atoms with Crippen LogP contribution in [0, 0.1) is 0 Å². The molecule has 0 aromatic carbocycles. The van der Waals surface area contributed by atoms with Gasteiger partial charge in [-0.15, -0.1) is 0 Å². The molecule has 0 saturated heterocycles. The Morgan fingerprint density at radius 3 is 1.61 bits per heavy atom. The SMILES string of the molecule is CCCCCCCCCCCCCCCC(C)(C)N[C@@H](CCC(=O)O)C(=O)O. The van der Waals surface area contributed by atoms with Crippen LogP contribution in [0.2, 0.25) is 0 Å². The normalized spacial score (nSPS) is 12.8. The van der Waals surface area contributed by atoms with Crippen LogP contribution in [0.15, 0.2) is 0 Å². The van der Waals surface area contributed by atoms with Gasteiger partial charge in [0.2, 0.25) is 0 Å². The quantitative estimate of drug-likeness (QED) is 0.214. The Labute approximate surface area is 172 Å². The van der Waals surface area contributed by atoms with E-state index in [1.54, 1.807) is 0 Å². The highest BCUT2D eigenvalue weighted by atomic mass is 16.4. The first kappa shape index (κ1) is 26.9. The van der Waals surface area contributed by atoms with Crippen LogP contribution in [0.5, 0.6) is 0 Å². The van der Waals surface area contributed by atoms with Gasteiger partial charge in [-0.2, -0.15) is 0 Å². The lowest BCUT2D eigenvalue weighted by Crippen LogP contribution is -2.49. The summed E-state index contributed by atoms with van der Waals surface area (Å²) < 4.78 is 0. The van der Waals surface area contributed by atoms with Crippen LogP contribution in [0.1, 0.15) is 124 Å². The van der Waals surface area contributed by atoms with Gasteiger partial charge in [-0.1, -0.05) is 90.4 Å². The van der Waals surface area contributed by atoms with Gasteiger partial charge in [0.25, 0.3) is 0 Å². The fourth-order valence-electron chi connectivity index (χ4n) is 3.65. The molecule has 0 rings (SSSR count). The number of carboxylic acids is 2. The summed E-state index contributed by atoms with van der Waals surface area (Å²) in [7, 11) is 0. The number of carbonyl (C=O) groups is 2. The van der Waals surface area contributed by atoms with E-state index in [4.69, 9.17) is 5.11 Å². The Morgan fingerprint density at radius 1 is 0.786 bits per heavy atom. The topological polar surface area (TPSA) is 86.6 Å². The van der Waals surface area contributed by atoms with Gasteiger partial charge >= 0.3 is 11.9 Å². The Hall–Kier alpha value is -1.10. The fourth-order valence-corrected chi connectivity index (χ4v) is 3.65. The van der Waals surface area contributed by atoms with Crippen molar-refractivity contribution in [3.8, 4) is 0 Å². The average molecular weight is 400 g/mol. The molecule has 0 fully saturated rings. The molecule has 0 saturated carbocycles. The van der Waals surface area contributed by atoms with Crippen LogP contribution >= 0.6 is 0 Å². The molecule has 0 heterocycles. The molecule has 0 aliphatic heterocycles. The molecule has 0 radical (unpaired) electrons. The number of rotatable bonds is 20. The number of hydrogen-bond acceptors (Lipinski definition) is 3. The molecule has 0 aromatic heterocycles. The van der Waals surface area contributed by atoms with E-state index in [-0.39, 0.29) is 18.4 Å². The highest BCUT2D eigenvalue weighted by Gasteiger charge is 2.26. The van der Waals surface area contributed by atoms with Gasteiger partial charge < -0.3 is 10.2 Å². The number of aliphatic carboxylic acids is 2. The van der Waals surface area contributed by atoms with Gasteiger partial charge in [0.15, 0.2) is 0 Å². The van der Waals surface area contributed by atoms with Crippen molar-refractivity contribution in [3.63, 3.8) is 0 Å². The van der Waals surface area contributed by atoms with Crippen LogP contribution in [0.4, 0.5) is 0 Å². The zero-order valence-corrected chi connectivity index (χ0v) is 18.6. The Morgan fingerprint density at radius 2 is 1.21 bits per heavy atom. The van der Waals surface area contributed by atoms with E-state index in [0.717, 1.165) is 12.8 Å². The van der Waals surface area contributed by atoms with E-state index in [2.05, 4.69) is 12.2 Å². The predicted octanol–water partition coefficient (Wildman–Crippen LogP) is 6.15. The van der Waals surface area contributed by atoms with Crippen molar-refractivity contribution >= 4 is 11.9 Å². The minimum absolute atomic E-state index is 0.118. The van der Waals surface area contributed by atoms with Crippen LogP contribution in [-0.4, -0.2) is 33.7 Å². The summed E-state index contributed by atoms with van der Waals surface area (Å²) in [4.78, 5) is 22.0. The maximum absolute atomic E-state index is 11.3. The lowest BCUT2D eigenvalue weighted by atomic mass is 9.94. The average Bonchev–Trinajstić information content (AvgIpc) is 2.62. The van der Waals surface area contributed by atoms with Crippen molar-refractivity contribution in [1.29, 1.82) is 0 Å². The summed E-state index contributed by atoms with van der Waals surface area (Å²) >= 11 is 0. The minimum Gasteiger partial charge on any atom is -0.481 e. The lowest BCUT2D eigenvalue weighted by molar-refractivity contribution is -0.141. The zero-order chi connectivity index (χ0) is 21.3. The molecule has 0 aromatic rings. The van der Waals surface area contributed by atoms with Crippen LogP contribution in [0.25, 0.3) is 0 Å². The molecule has 3 N–H and O–H groups in total. The lowest BCUT2D eigenvalue weighted by Gasteiger charge is -2.30. The van der Waals surface area contributed by atoms with Gasteiger partial charge in [-0.05, 0) is 26.7 Å². The summed E-state index contributed by atoms with van der Waals surface area (Å²) in [5, 5.41) is 21.2. The largest absolute Gasteiger partial charge is 0.481 e. The van der Waals surface area contributed by atoms with Gasteiger partial charge in [0, 0.05) is 12.0 Å². The number of nitrogens with one attached hydrogen (secondary N) is 1. The number of carboxylic acid groups (broad SMARTS) is 2. The molecule has 0 spiro atoms. The third-order valence-corrected chi connectivity index (χ3v) is 5.42. The molecule has 1 atom stereocenters. The first-order chi connectivity index (χ1) is 13.3. The summed E-state index contributed by atoms with van der Waals surface area (Å²) in [6.45, 7) is 6.27. The predicted molar refractivity (Wildman–Crippen MR) is 116 cm³/mol. The van der Waals surface area contributed by atoms with Gasteiger partial charge in [-0.3, -0.25) is 14.9 Å². The van der Waals surface area contributed by atoms with Crippen LogP contribution in [0.3, 0.4) is 0 Å². The Kier molecular flexibility index (Phi) is 16.2. The van der Waals surface area contributed by atoms with E-state index >= 15 is 0 Å². The van der Waals surface area contributed by atoms with E-state index in [1.165, 1.54) is 77.0 Å². The Bertz CT molecular complexity index is 409. The zero-order valence-electron chi connectivity index (χ0n) is 18.6. The molecule has 0 unspecified atom stereocenters. The second kappa shape index (κ2) is 16.8. The van der Waals surface area contributed by atoms with Crippen LogP contribution < -0.4 is 5.32 Å². The number of unbranched alkanes of at least 4 members (excludes halogenated alkanes) is 12. The van der Waals surface area contributed by atoms with Crippen molar-refractivity contribution in [2.75, 3.05) is 0 Å². The second-order valence-electron chi connectivity index (χ2n) is 8.84. The molecule has 166 valence electrons. The molecule has 0 amide bonds. The maximum atomic E-state index is 11.3. The minimum atomic E-state index is -0.973. The summed E-state index contributed by atoms with van der Waals surface area (Å²) in [6.07, 6.45) is 18.0. The molecule has 0 bridgehead atoms. The van der Waals surface area contributed by atoms with Crippen LogP contribution in [-0.2, 0) is 9.59 Å². The van der Waals surface area contributed by atoms with E-state index in [1.807, 2.05) is 13.8 Å². The molecule has 0 aliphatic carbocycles. The second-order valence-corrected chi connectivity index (χ2v) is 8.84. The van der Waals surface area contributed by atoms with Gasteiger partial charge in [0.1, 0.15) is 6.04 Å². The summed E-state index contributed by atoms with van der Waals surface area (Å²) in [5.41, 5.74) is -0.292. The Balaban J connectivity index is 3.69. The van der Waals surface area contributed by atoms with E-state index in [0.29, 0.717) is 0 Å². The molecular weight excluding hydrogens is 354 g/mol. The van der Waals surface area contributed by atoms with E-state index in [9.17, 15) is 14.7 Å². The smallest absolute Gasteiger partial charge is 0.320 e. The van der Waals surface area contributed by atoms with Gasteiger partial charge in [0.05, 0.1) is 0 Å². The van der Waals surface area contributed by atoms with E-state index < -0.39 is 18.0 Å².